The lowest BCUT2D eigenvalue weighted by Crippen LogP contribution is -2.52. The quantitative estimate of drug-likeness (QED) is 0.884. The van der Waals surface area contributed by atoms with Gasteiger partial charge < -0.3 is 9.84 Å². The molecular formula is C12H14FNO5S. The number of aryl methyl sites for hydroxylation is 1. The van der Waals surface area contributed by atoms with Crippen molar-refractivity contribution in [2.75, 3.05) is 19.8 Å². The molecule has 0 radical (unpaired) electrons. The number of benzene rings is 1. The Labute approximate surface area is 115 Å². The highest BCUT2D eigenvalue weighted by Gasteiger charge is 2.40. The van der Waals surface area contributed by atoms with Crippen molar-refractivity contribution in [2.45, 2.75) is 17.9 Å². The molecule has 0 spiro atoms. The van der Waals surface area contributed by atoms with Crippen LogP contribution >= 0.6 is 0 Å². The minimum atomic E-state index is -4.22. The summed E-state index contributed by atoms with van der Waals surface area (Å²) in [6.45, 7) is 1.18. The zero-order chi connectivity index (χ0) is 14.9. The van der Waals surface area contributed by atoms with E-state index in [2.05, 4.69) is 0 Å². The lowest BCUT2D eigenvalue weighted by atomic mass is 10.2. The minimum absolute atomic E-state index is 0.0799. The van der Waals surface area contributed by atoms with Crippen LogP contribution in [0, 0.1) is 12.7 Å². The first-order valence-electron chi connectivity index (χ1n) is 5.93. The molecule has 1 N–H and O–H groups in total. The Morgan fingerprint density at radius 2 is 2.20 bits per heavy atom. The molecule has 1 saturated heterocycles. The van der Waals surface area contributed by atoms with Crippen molar-refractivity contribution in [3.63, 3.8) is 0 Å². The van der Waals surface area contributed by atoms with E-state index in [9.17, 15) is 17.6 Å². The number of hydrogen-bond donors (Lipinski definition) is 1. The SMILES string of the molecule is Cc1cccc(F)c1S(=O)(=O)N1CCOCC1C(=O)O. The number of carbonyl (C=O) groups is 1. The van der Waals surface area contributed by atoms with E-state index in [0.717, 1.165) is 10.4 Å². The first kappa shape index (κ1) is 14.9. The Balaban J connectivity index is 2.51. The number of nitrogens with zero attached hydrogens (tertiary/aromatic N) is 1. The molecule has 6 nitrogen and oxygen atoms in total. The van der Waals surface area contributed by atoms with Crippen molar-refractivity contribution >= 4 is 16.0 Å². The lowest BCUT2D eigenvalue weighted by molar-refractivity contribution is -0.146. The molecule has 1 atom stereocenters. The van der Waals surface area contributed by atoms with Gasteiger partial charge in [-0.05, 0) is 18.6 Å². The van der Waals surface area contributed by atoms with E-state index >= 15 is 0 Å². The van der Waals surface area contributed by atoms with E-state index in [1.165, 1.54) is 19.1 Å². The third-order valence-corrected chi connectivity index (χ3v) is 5.18. The van der Waals surface area contributed by atoms with Crippen LogP contribution in [0.4, 0.5) is 4.39 Å². The second kappa shape index (κ2) is 5.47. The molecule has 8 heteroatoms. The van der Waals surface area contributed by atoms with Crippen LogP contribution in [0.15, 0.2) is 23.1 Å². The number of carboxylic acid groups (broad SMARTS) is 1. The summed E-state index contributed by atoms with van der Waals surface area (Å²) in [6, 6.07) is 2.56. The maximum absolute atomic E-state index is 13.8. The summed E-state index contributed by atoms with van der Waals surface area (Å²) >= 11 is 0. The van der Waals surface area contributed by atoms with E-state index in [-0.39, 0.29) is 25.3 Å². The average Bonchev–Trinajstić information content (AvgIpc) is 2.38. The van der Waals surface area contributed by atoms with Gasteiger partial charge in [0.05, 0.1) is 13.2 Å². The molecule has 1 unspecified atom stereocenters. The standard InChI is InChI=1S/C12H14FNO5S/c1-8-3-2-4-9(13)11(8)20(17,18)14-5-6-19-7-10(14)12(15)16/h2-4,10H,5-7H2,1H3,(H,15,16). The first-order valence-corrected chi connectivity index (χ1v) is 7.37. The highest BCUT2D eigenvalue weighted by molar-refractivity contribution is 7.89. The molecule has 1 aliphatic heterocycles. The molecule has 0 amide bonds. The van der Waals surface area contributed by atoms with E-state index in [1.54, 1.807) is 0 Å². The predicted octanol–water partition coefficient (Wildman–Crippen LogP) is 0.608. The van der Waals surface area contributed by atoms with E-state index < -0.39 is 32.7 Å². The number of morpholine rings is 1. The third kappa shape index (κ3) is 2.54. The van der Waals surface area contributed by atoms with Crippen molar-refractivity contribution < 1.29 is 27.4 Å². The minimum Gasteiger partial charge on any atom is -0.480 e. The van der Waals surface area contributed by atoms with Crippen LogP contribution in [0.5, 0.6) is 0 Å². The van der Waals surface area contributed by atoms with Crippen molar-refractivity contribution in [1.82, 2.24) is 4.31 Å². The van der Waals surface area contributed by atoms with Gasteiger partial charge in [-0.2, -0.15) is 4.31 Å². The van der Waals surface area contributed by atoms with Crippen LogP contribution in [0.3, 0.4) is 0 Å². The van der Waals surface area contributed by atoms with Gasteiger partial charge in [-0.3, -0.25) is 4.79 Å². The van der Waals surface area contributed by atoms with Crippen LogP contribution in [0.2, 0.25) is 0 Å². The van der Waals surface area contributed by atoms with Crippen LogP contribution in [-0.4, -0.2) is 49.6 Å². The Bertz CT molecular complexity index is 610. The smallest absolute Gasteiger partial charge is 0.324 e. The molecular weight excluding hydrogens is 289 g/mol. The number of aliphatic carboxylic acids is 1. The van der Waals surface area contributed by atoms with Crippen LogP contribution in [-0.2, 0) is 19.6 Å². The topological polar surface area (TPSA) is 83.9 Å². The van der Waals surface area contributed by atoms with Gasteiger partial charge in [0, 0.05) is 6.54 Å². The summed E-state index contributed by atoms with van der Waals surface area (Å²) in [6.07, 6.45) is 0. The van der Waals surface area contributed by atoms with Crippen LogP contribution in [0.25, 0.3) is 0 Å². The molecule has 1 heterocycles. The Hall–Kier alpha value is -1.51. The maximum Gasteiger partial charge on any atom is 0.324 e. The average molecular weight is 303 g/mol. The molecule has 0 aliphatic carbocycles. The maximum atomic E-state index is 13.8. The van der Waals surface area contributed by atoms with Crippen molar-refractivity contribution in [3.8, 4) is 0 Å². The van der Waals surface area contributed by atoms with E-state index in [0.29, 0.717) is 0 Å². The Morgan fingerprint density at radius 1 is 1.50 bits per heavy atom. The number of sulfonamides is 1. The Morgan fingerprint density at radius 3 is 2.80 bits per heavy atom. The van der Waals surface area contributed by atoms with Gasteiger partial charge in [0.15, 0.2) is 0 Å². The monoisotopic (exact) mass is 303 g/mol. The summed E-state index contributed by atoms with van der Waals surface area (Å²) in [4.78, 5) is 10.7. The van der Waals surface area contributed by atoms with Crippen LogP contribution < -0.4 is 0 Å². The number of carboxylic acids is 1. The molecule has 1 aromatic carbocycles. The second-order valence-corrected chi connectivity index (χ2v) is 6.26. The number of rotatable bonds is 3. The molecule has 1 aliphatic rings. The molecule has 20 heavy (non-hydrogen) atoms. The molecule has 1 fully saturated rings. The molecule has 0 bridgehead atoms. The summed E-state index contributed by atoms with van der Waals surface area (Å²) in [5.74, 6) is -2.21. The Kier molecular flexibility index (Phi) is 4.07. The fraction of sp³-hybridized carbons (Fsp3) is 0.417. The van der Waals surface area contributed by atoms with Gasteiger partial charge in [-0.25, -0.2) is 12.8 Å². The fourth-order valence-corrected chi connectivity index (χ4v) is 3.96. The third-order valence-electron chi connectivity index (χ3n) is 3.09. The largest absolute Gasteiger partial charge is 0.480 e. The zero-order valence-electron chi connectivity index (χ0n) is 10.7. The van der Waals surface area contributed by atoms with Gasteiger partial charge in [0.2, 0.25) is 10.0 Å². The highest BCUT2D eigenvalue weighted by Crippen LogP contribution is 2.25. The fourth-order valence-electron chi connectivity index (χ4n) is 2.13. The van der Waals surface area contributed by atoms with Crippen molar-refractivity contribution in [1.29, 1.82) is 0 Å². The summed E-state index contributed by atoms with van der Waals surface area (Å²) in [5, 5.41) is 9.08. The molecule has 0 saturated carbocycles. The van der Waals surface area contributed by atoms with Crippen LogP contribution in [0.1, 0.15) is 5.56 Å². The summed E-state index contributed by atoms with van der Waals surface area (Å²) in [5.41, 5.74) is 0.237. The van der Waals surface area contributed by atoms with E-state index in [4.69, 9.17) is 9.84 Å². The van der Waals surface area contributed by atoms with Gasteiger partial charge in [0.1, 0.15) is 16.8 Å². The zero-order valence-corrected chi connectivity index (χ0v) is 11.6. The normalized spacial score (nSPS) is 20.8. The van der Waals surface area contributed by atoms with Crippen molar-refractivity contribution in [3.05, 3.63) is 29.6 Å². The van der Waals surface area contributed by atoms with E-state index in [1.807, 2.05) is 0 Å². The van der Waals surface area contributed by atoms with Gasteiger partial charge >= 0.3 is 5.97 Å². The number of halogens is 1. The first-order chi connectivity index (χ1) is 9.35. The number of ether oxygens (including phenoxy) is 1. The summed E-state index contributed by atoms with van der Waals surface area (Å²) < 4.78 is 44.6. The number of hydrogen-bond acceptors (Lipinski definition) is 4. The molecule has 2 rings (SSSR count). The second-order valence-electron chi connectivity index (χ2n) is 4.43. The molecule has 110 valence electrons. The van der Waals surface area contributed by atoms with Gasteiger partial charge in [-0.1, -0.05) is 12.1 Å². The molecule has 0 aromatic heterocycles. The lowest BCUT2D eigenvalue weighted by Gasteiger charge is -2.32. The van der Waals surface area contributed by atoms with Gasteiger partial charge in [0.25, 0.3) is 0 Å². The molecule has 1 aromatic rings. The van der Waals surface area contributed by atoms with Crippen molar-refractivity contribution in [2.24, 2.45) is 0 Å². The predicted molar refractivity (Wildman–Crippen MR) is 67.3 cm³/mol. The summed E-state index contributed by atoms with van der Waals surface area (Å²) in [7, 11) is -4.22. The highest BCUT2D eigenvalue weighted by atomic mass is 32.2. The van der Waals surface area contributed by atoms with Gasteiger partial charge in [-0.15, -0.1) is 0 Å².